The molecule has 1 N–H and O–H groups in total. The Hall–Kier alpha value is -2.56. The van der Waals surface area contributed by atoms with Crippen LogP contribution in [0.2, 0.25) is 0 Å². The summed E-state index contributed by atoms with van der Waals surface area (Å²) in [5.41, 5.74) is -0.556. The highest BCUT2D eigenvalue weighted by atomic mass is 32.2. The summed E-state index contributed by atoms with van der Waals surface area (Å²) in [4.78, 5) is 22.1. The summed E-state index contributed by atoms with van der Waals surface area (Å²) in [6, 6.07) is 2.46. The predicted molar refractivity (Wildman–Crippen MR) is 115 cm³/mol. The molecular weight excluding hydrogens is 424 g/mol. The van der Waals surface area contributed by atoms with Crippen LogP contribution in [0.1, 0.15) is 59.3 Å². The van der Waals surface area contributed by atoms with Crippen molar-refractivity contribution >= 4 is 27.1 Å². The predicted octanol–water partition coefficient (Wildman–Crippen LogP) is 4.40. The van der Waals surface area contributed by atoms with Crippen molar-refractivity contribution < 1.29 is 18.3 Å². The molecule has 0 aromatic heterocycles. The standard InChI is InChI=1S/C20H28N4O6S/c1-20(2,3)14-8-7-13-5-4-6-16(13)17(11-14)21-22-31(29,30)19-10-9-15(23(25)26)12-18(19)24(27)28/h9-10,12-14,16,22H,4-8,11H2,1-3H3/b21-17+/t13-,14+,16-/m0/s1. The molecule has 0 spiro atoms. The summed E-state index contributed by atoms with van der Waals surface area (Å²) in [7, 11) is -4.37. The first-order valence-electron chi connectivity index (χ1n) is 10.4. The summed E-state index contributed by atoms with van der Waals surface area (Å²) >= 11 is 0. The van der Waals surface area contributed by atoms with E-state index in [0.29, 0.717) is 24.3 Å². The molecule has 3 rings (SSSR count). The van der Waals surface area contributed by atoms with Crippen molar-refractivity contribution in [3.05, 3.63) is 38.4 Å². The summed E-state index contributed by atoms with van der Waals surface area (Å²) in [6.45, 7) is 6.50. The highest BCUT2D eigenvalue weighted by Crippen LogP contribution is 2.45. The SMILES string of the molecule is CC(C)(C)[C@@H]1CC[C@@H]2CCC[C@@H]2/C(=N/NS(=O)(=O)c2ccc([N+](=O)[O-])cc2[N+](=O)[O-])C1. The van der Waals surface area contributed by atoms with E-state index in [4.69, 9.17) is 0 Å². The first kappa shape index (κ1) is 23.1. The van der Waals surface area contributed by atoms with Gasteiger partial charge in [0.2, 0.25) is 0 Å². The number of non-ortho nitro benzene ring substituents is 1. The van der Waals surface area contributed by atoms with Gasteiger partial charge in [0.1, 0.15) is 0 Å². The van der Waals surface area contributed by atoms with Gasteiger partial charge in [-0.15, -0.1) is 0 Å². The fourth-order valence-electron chi connectivity index (χ4n) is 4.77. The number of hydrazone groups is 1. The maximum absolute atomic E-state index is 12.8. The fraction of sp³-hybridized carbons (Fsp3) is 0.650. The smallest absolute Gasteiger partial charge is 0.258 e. The van der Waals surface area contributed by atoms with Crippen LogP contribution < -0.4 is 4.83 Å². The van der Waals surface area contributed by atoms with E-state index < -0.39 is 36.1 Å². The Morgan fingerprint density at radius 3 is 2.39 bits per heavy atom. The Labute approximate surface area is 181 Å². The molecule has 2 aliphatic rings. The molecule has 1 aromatic rings. The van der Waals surface area contributed by atoms with E-state index in [1.54, 1.807) is 0 Å². The van der Waals surface area contributed by atoms with Gasteiger partial charge >= 0.3 is 0 Å². The van der Waals surface area contributed by atoms with E-state index >= 15 is 0 Å². The molecule has 1 aromatic carbocycles. The second-order valence-corrected chi connectivity index (χ2v) is 11.1. The van der Waals surface area contributed by atoms with Crippen molar-refractivity contribution in [2.75, 3.05) is 0 Å². The van der Waals surface area contributed by atoms with Crippen LogP contribution in [-0.2, 0) is 10.0 Å². The van der Waals surface area contributed by atoms with Crippen molar-refractivity contribution in [2.24, 2.45) is 28.3 Å². The number of nitro benzene ring substituents is 2. The zero-order chi connectivity index (χ0) is 23.0. The van der Waals surface area contributed by atoms with E-state index in [0.717, 1.165) is 49.9 Å². The minimum atomic E-state index is -4.37. The highest BCUT2D eigenvalue weighted by molar-refractivity contribution is 7.89. The molecule has 0 aliphatic heterocycles. The van der Waals surface area contributed by atoms with Gasteiger partial charge in [0, 0.05) is 17.7 Å². The van der Waals surface area contributed by atoms with Gasteiger partial charge < -0.3 is 0 Å². The lowest BCUT2D eigenvalue weighted by Gasteiger charge is -2.30. The maximum Gasteiger partial charge on any atom is 0.296 e. The normalized spacial score (nSPS) is 25.6. The van der Waals surface area contributed by atoms with Crippen molar-refractivity contribution in [2.45, 2.75) is 64.2 Å². The second kappa shape index (κ2) is 8.52. The Morgan fingerprint density at radius 2 is 1.77 bits per heavy atom. The van der Waals surface area contributed by atoms with Gasteiger partial charge in [-0.3, -0.25) is 20.2 Å². The van der Waals surface area contributed by atoms with Crippen molar-refractivity contribution in [1.82, 2.24) is 4.83 Å². The molecule has 0 unspecified atom stereocenters. The number of benzene rings is 1. The minimum absolute atomic E-state index is 0.0510. The van der Waals surface area contributed by atoms with Crippen LogP contribution in [0.25, 0.3) is 0 Å². The molecule has 2 saturated carbocycles. The number of nitro groups is 2. The first-order valence-corrected chi connectivity index (χ1v) is 11.9. The van der Waals surface area contributed by atoms with E-state index in [1.165, 1.54) is 0 Å². The van der Waals surface area contributed by atoms with E-state index in [9.17, 15) is 28.6 Å². The fourth-order valence-corrected chi connectivity index (χ4v) is 5.76. The molecule has 3 atom stereocenters. The van der Waals surface area contributed by atoms with Gasteiger partial charge in [-0.2, -0.15) is 18.4 Å². The second-order valence-electron chi connectivity index (χ2n) is 9.51. The van der Waals surface area contributed by atoms with Crippen molar-refractivity contribution in [1.29, 1.82) is 0 Å². The third-order valence-electron chi connectivity index (χ3n) is 6.60. The molecule has 31 heavy (non-hydrogen) atoms. The highest BCUT2D eigenvalue weighted by Gasteiger charge is 2.39. The number of nitrogens with one attached hydrogen (secondary N) is 1. The average Bonchev–Trinajstić information content (AvgIpc) is 3.06. The van der Waals surface area contributed by atoms with Crippen molar-refractivity contribution in [3.8, 4) is 0 Å². The number of sulfonamides is 1. The zero-order valence-corrected chi connectivity index (χ0v) is 18.7. The third kappa shape index (κ3) is 5.03. The van der Waals surface area contributed by atoms with Gasteiger partial charge in [-0.05, 0) is 55.4 Å². The monoisotopic (exact) mass is 452 g/mol. The molecule has 2 aliphatic carbocycles. The Morgan fingerprint density at radius 1 is 1.06 bits per heavy atom. The van der Waals surface area contributed by atoms with Crippen LogP contribution >= 0.6 is 0 Å². The lowest BCUT2D eigenvalue weighted by Crippen LogP contribution is -2.28. The van der Waals surface area contributed by atoms with Crippen LogP contribution in [0.4, 0.5) is 11.4 Å². The lowest BCUT2D eigenvalue weighted by atomic mass is 9.76. The van der Waals surface area contributed by atoms with E-state index in [1.807, 2.05) is 0 Å². The summed E-state index contributed by atoms with van der Waals surface area (Å²) in [6.07, 6.45) is 5.96. The number of fused-ring (bicyclic) bond motifs is 1. The molecule has 0 bridgehead atoms. The van der Waals surface area contributed by atoms with E-state index in [2.05, 4.69) is 30.7 Å². The topological polar surface area (TPSA) is 145 Å². The Kier molecular flexibility index (Phi) is 6.35. The molecule has 0 heterocycles. The van der Waals surface area contributed by atoms with E-state index in [-0.39, 0.29) is 11.3 Å². The number of hydrogen-bond donors (Lipinski definition) is 1. The van der Waals surface area contributed by atoms with Crippen molar-refractivity contribution in [3.63, 3.8) is 0 Å². The quantitative estimate of drug-likeness (QED) is 0.518. The van der Waals surface area contributed by atoms with Gasteiger partial charge in [0.15, 0.2) is 4.90 Å². The van der Waals surface area contributed by atoms with Crippen LogP contribution in [0, 0.1) is 43.4 Å². The molecular formula is C20H28N4O6S. The molecule has 10 nitrogen and oxygen atoms in total. The largest absolute Gasteiger partial charge is 0.296 e. The lowest BCUT2D eigenvalue weighted by molar-refractivity contribution is -0.396. The summed E-state index contributed by atoms with van der Waals surface area (Å²) < 4.78 is 25.7. The van der Waals surface area contributed by atoms with Crippen LogP contribution in [0.5, 0.6) is 0 Å². The molecule has 2 fully saturated rings. The van der Waals surface area contributed by atoms with Gasteiger partial charge in [0.05, 0.1) is 15.9 Å². The molecule has 170 valence electrons. The zero-order valence-electron chi connectivity index (χ0n) is 17.9. The summed E-state index contributed by atoms with van der Waals surface area (Å²) in [5.74, 6) is 1.04. The van der Waals surface area contributed by atoms with Crippen LogP contribution in [-0.4, -0.2) is 24.0 Å². The van der Waals surface area contributed by atoms with Gasteiger partial charge in [-0.25, -0.2) is 0 Å². The number of nitrogens with zero attached hydrogens (tertiary/aromatic N) is 3. The molecule has 11 heteroatoms. The number of hydrogen-bond acceptors (Lipinski definition) is 7. The third-order valence-corrected chi connectivity index (χ3v) is 7.86. The Balaban J connectivity index is 1.94. The molecule has 0 radical (unpaired) electrons. The molecule has 0 amide bonds. The Bertz CT molecular complexity index is 1010. The number of rotatable bonds is 5. The minimum Gasteiger partial charge on any atom is -0.258 e. The van der Waals surface area contributed by atoms with Crippen LogP contribution in [0.3, 0.4) is 0 Å². The first-order chi connectivity index (χ1) is 14.4. The maximum atomic E-state index is 12.8. The summed E-state index contributed by atoms with van der Waals surface area (Å²) in [5, 5.41) is 26.5. The van der Waals surface area contributed by atoms with Gasteiger partial charge in [0.25, 0.3) is 21.4 Å². The van der Waals surface area contributed by atoms with Gasteiger partial charge in [-0.1, -0.05) is 27.2 Å². The van der Waals surface area contributed by atoms with Crippen LogP contribution in [0.15, 0.2) is 28.2 Å². The molecule has 0 saturated heterocycles. The average molecular weight is 453 g/mol.